The molecule has 0 amide bonds. The van der Waals surface area contributed by atoms with Crippen molar-refractivity contribution >= 4 is 28.8 Å². The number of ketones is 1. The number of nitro benzene ring substituents is 1. The number of nitrogens with zero attached hydrogens (tertiary/aromatic N) is 1. The number of allylic oxidation sites excluding steroid dienone is 3. The Hall–Kier alpha value is -4.44. The van der Waals surface area contributed by atoms with Crippen LogP contribution in [0.5, 0.6) is 11.5 Å². The summed E-state index contributed by atoms with van der Waals surface area (Å²) in [6.45, 7) is 3.59. The molecular formula is C30H28N2O7S. The van der Waals surface area contributed by atoms with Gasteiger partial charge in [-0.2, -0.15) is 0 Å². The Morgan fingerprint density at radius 3 is 2.62 bits per heavy atom. The minimum absolute atomic E-state index is 0.0173. The maximum Gasteiger partial charge on any atom is 0.337 e. The van der Waals surface area contributed by atoms with E-state index in [1.165, 1.54) is 12.1 Å². The number of carbonyl (C=O) groups is 2. The largest absolute Gasteiger partial charge is 0.500 e. The highest BCUT2D eigenvalue weighted by Gasteiger charge is 2.42. The van der Waals surface area contributed by atoms with E-state index in [9.17, 15) is 24.8 Å². The Bertz CT molecular complexity index is 1530. The van der Waals surface area contributed by atoms with Crippen molar-refractivity contribution in [3.63, 3.8) is 0 Å². The van der Waals surface area contributed by atoms with Gasteiger partial charge in [0, 0.05) is 46.2 Å². The minimum atomic E-state index is -0.949. The van der Waals surface area contributed by atoms with Crippen LogP contribution < -0.4 is 10.1 Å². The first-order valence-corrected chi connectivity index (χ1v) is 13.8. The average molecular weight is 561 g/mol. The first-order chi connectivity index (χ1) is 19.3. The standard InChI is InChI=1S/C30H28N2O7S/c1-3-38-24-15-20(13-22(29(24)34)32(36)37)27-26(30(35)39-16-18-8-5-4-6-9-18)17(2)31-21-12-19(14-23(33)28(21)27)25-10-7-11-40-25/h4-11,13,15,19,27,31,34H,3,12,14,16H2,1-2H3/t19-,27-/m0/s1. The molecule has 9 nitrogen and oxygen atoms in total. The van der Waals surface area contributed by atoms with Crippen LogP contribution in [0.15, 0.2) is 82.5 Å². The van der Waals surface area contributed by atoms with Gasteiger partial charge in [-0.25, -0.2) is 4.79 Å². The van der Waals surface area contributed by atoms with E-state index in [2.05, 4.69) is 5.32 Å². The van der Waals surface area contributed by atoms with Gasteiger partial charge >= 0.3 is 11.7 Å². The number of benzene rings is 2. The number of aromatic hydroxyl groups is 1. The smallest absolute Gasteiger partial charge is 0.337 e. The van der Waals surface area contributed by atoms with Crippen molar-refractivity contribution in [3.05, 3.63) is 109 Å². The van der Waals surface area contributed by atoms with E-state index in [1.54, 1.807) is 25.2 Å². The molecular weight excluding hydrogens is 532 g/mol. The van der Waals surface area contributed by atoms with Gasteiger partial charge in [0.1, 0.15) is 6.61 Å². The molecule has 3 aromatic rings. The van der Waals surface area contributed by atoms with Crippen LogP contribution in [0.25, 0.3) is 0 Å². The van der Waals surface area contributed by atoms with E-state index in [1.807, 2.05) is 47.8 Å². The van der Waals surface area contributed by atoms with Crippen molar-refractivity contribution in [1.29, 1.82) is 0 Å². The summed E-state index contributed by atoms with van der Waals surface area (Å²) in [6, 6.07) is 15.8. The molecule has 1 aliphatic carbocycles. The maximum atomic E-state index is 13.8. The summed E-state index contributed by atoms with van der Waals surface area (Å²) in [5, 5.41) is 27.6. The zero-order valence-corrected chi connectivity index (χ0v) is 22.8. The second-order valence-corrected chi connectivity index (χ2v) is 10.7. The molecule has 0 bridgehead atoms. The van der Waals surface area contributed by atoms with Gasteiger partial charge in [-0.1, -0.05) is 36.4 Å². The van der Waals surface area contributed by atoms with Crippen molar-refractivity contribution in [3.8, 4) is 11.5 Å². The van der Waals surface area contributed by atoms with Crippen molar-refractivity contribution in [1.82, 2.24) is 5.32 Å². The summed E-state index contributed by atoms with van der Waals surface area (Å²) >= 11 is 1.58. The van der Waals surface area contributed by atoms with Crippen LogP contribution >= 0.6 is 11.3 Å². The van der Waals surface area contributed by atoms with Crippen LogP contribution in [0.2, 0.25) is 0 Å². The fraction of sp³-hybridized carbons (Fsp3) is 0.267. The molecule has 1 aromatic heterocycles. The van der Waals surface area contributed by atoms with Crippen molar-refractivity contribution < 1.29 is 29.1 Å². The van der Waals surface area contributed by atoms with Gasteiger partial charge in [-0.15, -0.1) is 11.3 Å². The van der Waals surface area contributed by atoms with E-state index >= 15 is 0 Å². The predicted molar refractivity (Wildman–Crippen MR) is 149 cm³/mol. The quantitative estimate of drug-likeness (QED) is 0.199. The van der Waals surface area contributed by atoms with Crippen LogP contribution in [-0.4, -0.2) is 28.4 Å². The Morgan fingerprint density at radius 2 is 1.95 bits per heavy atom. The third-order valence-electron chi connectivity index (χ3n) is 7.11. The summed E-state index contributed by atoms with van der Waals surface area (Å²) in [5.74, 6) is -2.48. The molecule has 2 aliphatic rings. The lowest BCUT2D eigenvalue weighted by Crippen LogP contribution is -2.36. The molecule has 40 heavy (non-hydrogen) atoms. The molecule has 0 saturated carbocycles. The first-order valence-electron chi connectivity index (χ1n) is 12.9. The second kappa shape index (κ2) is 11.4. The number of nitro groups is 1. The lowest BCUT2D eigenvalue weighted by molar-refractivity contribution is -0.386. The van der Waals surface area contributed by atoms with Crippen LogP contribution in [-0.2, 0) is 20.9 Å². The highest BCUT2D eigenvalue weighted by Crippen LogP contribution is 2.49. The Labute approximate surface area is 234 Å². The second-order valence-electron chi connectivity index (χ2n) is 9.67. The van der Waals surface area contributed by atoms with Crippen molar-refractivity contribution in [2.45, 2.75) is 45.1 Å². The molecule has 0 unspecified atom stereocenters. The molecule has 2 atom stereocenters. The van der Waals surface area contributed by atoms with Crippen molar-refractivity contribution in [2.75, 3.05) is 6.61 Å². The number of Topliss-reactive ketones (excluding diaryl/α,β-unsaturated/α-hetero) is 1. The predicted octanol–water partition coefficient (Wildman–Crippen LogP) is 5.87. The van der Waals surface area contributed by atoms with E-state index in [0.29, 0.717) is 23.4 Å². The Balaban J connectivity index is 1.62. The number of esters is 1. The molecule has 0 fully saturated rings. The fourth-order valence-electron chi connectivity index (χ4n) is 5.35. The summed E-state index contributed by atoms with van der Waals surface area (Å²) in [4.78, 5) is 39.7. The molecule has 0 saturated heterocycles. The van der Waals surface area contributed by atoms with Crippen LogP contribution in [0.3, 0.4) is 0 Å². The van der Waals surface area contributed by atoms with Crippen molar-refractivity contribution in [2.24, 2.45) is 0 Å². The normalized spacial score (nSPS) is 18.7. The molecule has 10 heteroatoms. The zero-order chi connectivity index (χ0) is 28.4. The molecule has 5 rings (SSSR count). The highest BCUT2D eigenvalue weighted by molar-refractivity contribution is 7.10. The SMILES string of the molecule is CCOc1cc([C@H]2C(C(=O)OCc3ccccc3)=C(C)NC3=C2C(=O)C[C@@H](c2cccs2)C3)cc([N+](=O)[O-])c1O. The third-order valence-corrected chi connectivity index (χ3v) is 8.15. The number of ether oxygens (including phenoxy) is 2. The third kappa shape index (κ3) is 5.22. The monoisotopic (exact) mass is 560 g/mol. The minimum Gasteiger partial charge on any atom is -0.500 e. The number of thiophene rings is 1. The number of rotatable bonds is 8. The molecule has 2 aromatic carbocycles. The molecule has 1 aliphatic heterocycles. The average Bonchev–Trinajstić information content (AvgIpc) is 3.48. The number of dihydropyridines is 1. The molecule has 2 N–H and O–H groups in total. The number of carbonyl (C=O) groups excluding carboxylic acids is 2. The van der Waals surface area contributed by atoms with Gasteiger partial charge in [-0.05, 0) is 48.9 Å². The maximum absolute atomic E-state index is 13.8. The van der Waals surface area contributed by atoms with E-state index in [-0.39, 0.29) is 48.2 Å². The number of hydrogen-bond donors (Lipinski definition) is 2. The fourth-order valence-corrected chi connectivity index (χ4v) is 6.18. The lowest BCUT2D eigenvalue weighted by Gasteiger charge is -2.36. The summed E-state index contributed by atoms with van der Waals surface area (Å²) in [7, 11) is 0. The van der Waals surface area contributed by atoms with Crippen LogP contribution in [0.4, 0.5) is 5.69 Å². The Morgan fingerprint density at radius 1 is 1.18 bits per heavy atom. The number of hydrogen-bond acceptors (Lipinski definition) is 9. The number of phenols is 1. The summed E-state index contributed by atoms with van der Waals surface area (Å²) in [5.41, 5.74) is 2.22. The first kappa shape index (κ1) is 27.1. The summed E-state index contributed by atoms with van der Waals surface area (Å²) < 4.78 is 11.2. The van der Waals surface area contributed by atoms with Gasteiger partial charge < -0.3 is 19.9 Å². The van der Waals surface area contributed by atoms with E-state index in [4.69, 9.17) is 9.47 Å². The number of phenolic OH excluding ortho intramolecular Hbond substituents is 1. The topological polar surface area (TPSA) is 128 Å². The van der Waals surface area contributed by atoms with Gasteiger partial charge in [0.05, 0.1) is 17.1 Å². The summed E-state index contributed by atoms with van der Waals surface area (Å²) in [6.07, 6.45) is 0.779. The molecule has 206 valence electrons. The zero-order valence-electron chi connectivity index (χ0n) is 22.0. The van der Waals surface area contributed by atoms with Gasteiger partial charge in [-0.3, -0.25) is 14.9 Å². The van der Waals surface area contributed by atoms with Crippen LogP contribution in [0.1, 0.15) is 54.5 Å². The van der Waals surface area contributed by atoms with Gasteiger partial charge in [0.25, 0.3) is 0 Å². The lowest BCUT2D eigenvalue weighted by atomic mass is 9.72. The highest BCUT2D eigenvalue weighted by atomic mass is 32.1. The van der Waals surface area contributed by atoms with E-state index in [0.717, 1.165) is 10.4 Å². The van der Waals surface area contributed by atoms with E-state index < -0.39 is 28.2 Å². The molecule has 0 spiro atoms. The molecule has 2 heterocycles. The number of nitrogens with one attached hydrogen (secondary N) is 1. The Kier molecular flexibility index (Phi) is 7.70. The van der Waals surface area contributed by atoms with Gasteiger partial charge in [0.2, 0.25) is 5.75 Å². The molecule has 0 radical (unpaired) electrons. The van der Waals surface area contributed by atoms with Gasteiger partial charge in [0.15, 0.2) is 11.5 Å². The van der Waals surface area contributed by atoms with Crippen LogP contribution in [0, 0.1) is 10.1 Å².